The van der Waals surface area contributed by atoms with Crippen LogP contribution in [0.4, 0.5) is 17.3 Å². The molecule has 2 unspecified atom stereocenters. The molecule has 0 N–H and O–H groups in total. The van der Waals surface area contributed by atoms with E-state index in [2.05, 4.69) is 41.8 Å². The fourth-order valence-corrected chi connectivity index (χ4v) is 4.23. The fraction of sp³-hybridized carbons (Fsp3) is 0.111. The lowest BCUT2D eigenvalue weighted by atomic mass is 9.96. The van der Waals surface area contributed by atoms with Gasteiger partial charge in [0, 0.05) is 24.6 Å². The Balaban J connectivity index is 0.000000527. The Labute approximate surface area is 200 Å². The zero-order valence-corrected chi connectivity index (χ0v) is 18.8. The Morgan fingerprint density at radius 2 is 1.14 bits per heavy atom. The number of benzene rings is 3. The van der Waals surface area contributed by atoms with Crippen molar-refractivity contribution in [3.05, 3.63) is 114 Å². The second-order valence-corrected chi connectivity index (χ2v) is 8.09. The average Bonchev–Trinajstić information content (AvgIpc) is 2.86. The van der Waals surface area contributed by atoms with Crippen molar-refractivity contribution in [2.75, 3.05) is 0 Å². The van der Waals surface area contributed by atoms with E-state index in [9.17, 15) is 22.1 Å². The summed E-state index contributed by atoms with van der Waals surface area (Å²) in [4.78, 5) is 13.1. The van der Waals surface area contributed by atoms with Crippen LogP contribution in [0.2, 0.25) is 0 Å². The number of nitrogens with zero attached hydrogens (tertiary/aromatic N) is 1. The normalized spacial score (nSPS) is 17.0. The van der Waals surface area contributed by atoms with Crippen LogP contribution in [0.1, 0.15) is 35.1 Å². The third kappa shape index (κ3) is 5.77. The number of aromatic nitrogens is 1. The molecule has 3 nitrogen and oxygen atoms in total. The highest BCUT2D eigenvalue weighted by atomic mass is 19.5. The molecule has 178 valence electrons. The minimum atomic E-state index is -6.00. The zero-order chi connectivity index (χ0) is 25.0. The number of rotatable bonds is 3. The van der Waals surface area contributed by atoms with Crippen molar-refractivity contribution in [2.24, 2.45) is 0 Å². The number of esters is 1. The van der Waals surface area contributed by atoms with Gasteiger partial charge in [-0.1, -0.05) is 78.9 Å². The molecule has 0 spiro atoms. The molecule has 2 atom stereocenters. The quantitative estimate of drug-likeness (QED) is 0.136. The van der Waals surface area contributed by atoms with E-state index in [0.29, 0.717) is 5.69 Å². The SMILES string of the molecule is CC1C(c2ccccc2)OC(=O)c2cc(-c3ccccc3)cc(-c3ccccc3)[n+]21.F[B-](F)(F)F. The standard InChI is InChI=1S/C27H22NO2.BF4/c1-19-26(22-15-9-4-10-16-22)30-27(29)25-18-23(20-11-5-2-6-12-20)17-24(28(19)25)21-13-7-3-8-14-21;2-1(3,4)5/h2-19,26H,1H3;/q+1;-1. The second kappa shape index (κ2) is 10.1. The van der Waals surface area contributed by atoms with Crippen LogP contribution >= 0.6 is 0 Å². The summed E-state index contributed by atoms with van der Waals surface area (Å²) in [6, 6.07) is 34.4. The van der Waals surface area contributed by atoms with Gasteiger partial charge < -0.3 is 22.0 Å². The lowest BCUT2D eigenvalue weighted by molar-refractivity contribution is -0.726. The summed E-state index contributed by atoms with van der Waals surface area (Å²) in [5.74, 6) is -0.295. The first-order chi connectivity index (χ1) is 16.7. The van der Waals surface area contributed by atoms with E-state index >= 15 is 0 Å². The largest absolute Gasteiger partial charge is 0.673 e. The maximum atomic E-state index is 13.1. The van der Waals surface area contributed by atoms with Crippen LogP contribution in [0.15, 0.2) is 103 Å². The van der Waals surface area contributed by atoms with Gasteiger partial charge in [-0.2, -0.15) is 4.57 Å². The smallest absolute Gasteiger partial charge is 0.442 e. The van der Waals surface area contributed by atoms with Crippen molar-refractivity contribution < 1.29 is 31.4 Å². The molecule has 0 amide bonds. The molecule has 0 radical (unpaired) electrons. The molecule has 1 aliphatic rings. The monoisotopic (exact) mass is 479 g/mol. The third-order valence-corrected chi connectivity index (χ3v) is 5.70. The molecule has 0 saturated carbocycles. The predicted molar refractivity (Wildman–Crippen MR) is 127 cm³/mol. The van der Waals surface area contributed by atoms with Gasteiger partial charge in [0.1, 0.15) is 0 Å². The molecular weight excluding hydrogens is 457 g/mol. The number of fused-ring (bicyclic) bond motifs is 1. The van der Waals surface area contributed by atoms with Crippen molar-refractivity contribution in [1.29, 1.82) is 0 Å². The number of carbonyl (C=O) groups is 1. The maximum absolute atomic E-state index is 13.1. The molecular formula is C27H22BF4NO2. The Morgan fingerprint density at radius 1 is 0.686 bits per heavy atom. The van der Waals surface area contributed by atoms with Gasteiger partial charge in [0.15, 0.2) is 12.1 Å². The molecule has 0 saturated heterocycles. The summed E-state index contributed by atoms with van der Waals surface area (Å²) in [5, 5.41) is 0. The van der Waals surface area contributed by atoms with E-state index < -0.39 is 7.25 Å². The molecule has 5 rings (SSSR count). The topological polar surface area (TPSA) is 30.2 Å². The first-order valence-electron chi connectivity index (χ1n) is 11.1. The lowest BCUT2D eigenvalue weighted by Gasteiger charge is -2.28. The number of ether oxygens (including phenoxy) is 1. The van der Waals surface area contributed by atoms with Crippen LogP contribution in [-0.4, -0.2) is 13.2 Å². The number of carbonyl (C=O) groups excluding carboxylic acids is 1. The molecule has 8 heteroatoms. The first-order valence-corrected chi connectivity index (χ1v) is 11.1. The van der Waals surface area contributed by atoms with Gasteiger partial charge >= 0.3 is 13.2 Å². The van der Waals surface area contributed by atoms with Gasteiger partial charge in [-0.05, 0) is 28.8 Å². The Hall–Kier alpha value is -3.94. The van der Waals surface area contributed by atoms with Gasteiger partial charge in [0.05, 0.1) is 0 Å². The molecule has 4 aromatic rings. The van der Waals surface area contributed by atoms with E-state index in [1.807, 2.05) is 72.8 Å². The van der Waals surface area contributed by atoms with Crippen LogP contribution in [-0.2, 0) is 4.74 Å². The minimum Gasteiger partial charge on any atom is -0.442 e. The molecule has 1 aromatic heterocycles. The van der Waals surface area contributed by atoms with Gasteiger partial charge in [0.25, 0.3) is 5.69 Å². The number of halogens is 4. The third-order valence-electron chi connectivity index (χ3n) is 5.70. The highest BCUT2D eigenvalue weighted by Gasteiger charge is 2.43. The van der Waals surface area contributed by atoms with Crippen LogP contribution in [0.3, 0.4) is 0 Å². The summed E-state index contributed by atoms with van der Waals surface area (Å²) in [6.45, 7) is 2.11. The number of cyclic esters (lactones) is 1. The molecule has 2 heterocycles. The highest BCUT2D eigenvalue weighted by molar-refractivity contribution is 6.50. The van der Waals surface area contributed by atoms with Gasteiger partial charge in [-0.15, -0.1) is 0 Å². The first kappa shape index (κ1) is 24.2. The maximum Gasteiger partial charge on any atom is 0.673 e. The summed E-state index contributed by atoms with van der Waals surface area (Å²) in [7, 11) is -6.00. The van der Waals surface area contributed by atoms with Crippen molar-refractivity contribution in [1.82, 2.24) is 0 Å². The highest BCUT2D eigenvalue weighted by Crippen LogP contribution is 2.35. The van der Waals surface area contributed by atoms with Crippen LogP contribution < -0.4 is 4.57 Å². The zero-order valence-electron chi connectivity index (χ0n) is 18.8. The van der Waals surface area contributed by atoms with Gasteiger partial charge in [0.2, 0.25) is 5.69 Å². The van der Waals surface area contributed by atoms with Crippen LogP contribution in [0.25, 0.3) is 22.4 Å². The Bertz CT molecular complexity index is 1290. The lowest BCUT2D eigenvalue weighted by Crippen LogP contribution is -2.53. The number of pyridine rings is 1. The van der Waals surface area contributed by atoms with Gasteiger partial charge in [-0.25, -0.2) is 4.79 Å². The van der Waals surface area contributed by atoms with E-state index in [1.54, 1.807) is 0 Å². The van der Waals surface area contributed by atoms with Crippen molar-refractivity contribution >= 4 is 13.2 Å². The van der Waals surface area contributed by atoms with Crippen molar-refractivity contribution in [2.45, 2.75) is 19.1 Å². The molecule has 0 bridgehead atoms. The van der Waals surface area contributed by atoms with Crippen LogP contribution in [0, 0.1) is 0 Å². The fourth-order valence-electron chi connectivity index (χ4n) is 4.23. The molecule has 1 aliphatic heterocycles. The minimum absolute atomic E-state index is 0.0415. The van der Waals surface area contributed by atoms with Crippen molar-refractivity contribution in [3.8, 4) is 22.4 Å². The molecule has 3 aromatic carbocycles. The summed E-state index contributed by atoms with van der Waals surface area (Å²) in [6.07, 6.45) is -0.332. The van der Waals surface area contributed by atoms with Crippen LogP contribution in [0.5, 0.6) is 0 Å². The second-order valence-electron chi connectivity index (χ2n) is 8.09. The molecule has 35 heavy (non-hydrogen) atoms. The van der Waals surface area contributed by atoms with E-state index in [4.69, 9.17) is 4.74 Å². The van der Waals surface area contributed by atoms with Crippen molar-refractivity contribution in [3.63, 3.8) is 0 Å². The van der Waals surface area contributed by atoms with E-state index in [-0.39, 0.29) is 18.1 Å². The van der Waals surface area contributed by atoms with E-state index in [1.165, 1.54) is 0 Å². The molecule has 0 fully saturated rings. The summed E-state index contributed by atoms with van der Waals surface area (Å²) in [5.41, 5.74) is 5.74. The Kier molecular flexibility index (Phi) is 7.01. The number of hydrogen-bond acceptors (Lipinski definition) is 2. The van der Waals surface area contributed by atoms with Gasteiger partial charge in [-0.3, -0.25) is 0 Å². The predicted octanol–water partition coefficient (Wildman–Crippen LogP) is 7.08. The van der Waals surface area contributed by atoms with E-state index in [0.717, 1.165) is 27.9 Å². The number of hydrogen-bond donors (Lipinski definition) is 0. The summed E-state index contributed by atoms with van der Waals surface area (Å²) >= 11 is 0. The summed E-state index contributed by atoms with van der Waals surface area (Å²) < 4.78 is 47.1. The Morgan fingerprint density at radius 3 is 1.69 bits per heavy atom. The molecule has 0 aliphatic carbocycles. The average molecular weight is 479 g/mol.